The zero-order valence-corrected chi connectivity index (χ0v) is 19.0. The van der Waals surface area contributed by atoms with E-state index in [1.165, 1.54) is 12.1 Å². The van der Waals surface area contributed by atoms with Crippen LogP contribution in [0.25, 0.3) is 0 Å². The monoisotopic (exact) mass is 471 g/mol. The van der Waals surface area contributed by atoms with Crippen LogP contribution in [0.1, 0.15) is 35.7 Å². The van der Waals surface area contributed by atoms with Gasteiger partial charge in [-0.1, -0.05) is 30.3 Å². The summed E-state index contributed by atoms with van der Waals surface area (Å²) in [6.45, 7) is 2.11. The van der Waals surface area contributed by atoms with Gasteiger partial charge in [0.2, 0.25) is 0 Å². The maximum absolute atomic E-state index is 12.4. The van der Waals surface area contributed by atoms with Crippen molar-refractivity contribution in [2.45, 2.75) is 45.0 Å². The number of ether oxygens (including phenoxy) is 1. The third-order valence-corrected chi connectivity index (χ3v) is 4.80. The van der Waals surface area contributed by atoms with Gasteiger partial charge in [0, 0.05) is 24.7 Å². The number of hydrogen-bond acceptors (Lipinski definition) is 5. The second-order valence-electron chi connectivity index (χ2n) is 7.71. The molecule has 11 heteroatoms. The molecule has 2 rings (SSSR count). The van der Waals surface area contributed by atoms with E-state index in [-0.39, 0.29) is 37.3 Å². The summed E-state index contributed by atoms with van der Waals surface area (Å²) in [7, 11) is 0. The number of carboxylic acids is 1. The largest absolute Gasteiger partial charge is 0.480 e. The first kappa shape index (κ1) is 26.1. The van der Waals surface area contributed by atoms with E-state index < -0.39 is 24.0 Å². The van der Waals surface area contributed by atoms with E-state index in [9.17, 15) is 19.5 Å². The maximum Gasteiger partial charge on any atom is 0.412 e. The highest BCUT2D eigenvalue weighted by Gasteiger charge is 2.21. The fraction of sp³-hybridized carbons (Fsp3) is 0.348. The van der Waals surface area contributed by atoms with Crippen LogP contribution < -0.4 is 26.7 Å². The predicted molar refractivity (Wildman–Crippen MR) is 125 cm³/mol. The molecule has 1 aromatic heterocycles. The molecule has 11 nitrogen and oxygen atoms in total. The van der Waals surface area contributed by atoms with E-state index in [1.807, 2.05) is 37.3 Å². The normalized spacial score (nSPS) is 12.1. The fourth-order valence-electron chi connectivity index (χ4n) is 3.09. The van der Waals surface area contributed by atoms with E-state index in [0.717, 1.165) is 5.56 Å². The molecule has 0 aliphatic rings. The van der Waals surface area contributed by atoms with E-state index in [0.29, 0.717) is 12.8 Å². The van der Waals surface area contributed by atoms with Crippen molar-refractivity contribution in [1.82, 2.24) is 10.6 Å². The topological polar surface area (TPSA) is 173 Å². The summed E-state index contributed by atoms with van der Waals surface area (Å²) >= 11 is 0. The Labute approximate surface area is 197 Å². The van der Waals surface area contributed by atoms with Crippen LogP contribution in [0.3, 0.4) is 0 Å². The lowest BCUT2D eigenvalue weighted by Crippen LogP contribution is -2.42. The smallest absolute Gasteiger partial charge is 0.412 e. The molecule has 0 radical (unpaired) electrons. The van der Waals surface area contributed by atoms with Crippen LogP contribution in [-0.4, -0.2) is 47.7 Å². The van der Waals surface area contributed by atoms with E-state index >= 15 is 0 Å². The van der Waals surface area contributed by atoms with E-state index in [1.54, 1.807) is 17.0 Å². The molecule has 2 atom stereocenters. The molecule has 0 aliphatic carbocycles. The number of hydrogen-bond donors (Lipinski definition) is 5. The van der Waals surface area contributed by atoms with Crippen LogP contribution >= 0.6 is 0 Å². The second kappa shape index (κ2) is 13.4. The molecule has 1 aromatic carbocycles. The molecule has 0 aliphatic heterocycles. The minimum Gasteiger partial charge on any atom is -0.480 e. The van der Waals surface area contributed by atoms with Gasteiger partial charge in [0.05, 0.1) is 5.56 Å². The molecule has 0 fully saturated rings. The third-order valence-electron chi connectivity index (χ3n) is 4.80. The highest BCUT2D eigenvalue weighted by atomic mass is 16.6. The van der Waals surface area contributed by atoms with Gasteiger partial charge < -0.3 is 31.9 Å². The zero-order chi connectivity index (χ0) is 24.9. The van der Waals surface area contributed by atoms with Gasteiger partial charge in [0.25, 0.3) is 12.6 Å². The van der Waals surface area contributed by atoms with Crippen molar-refractivity contribution >= 4 is 23.9 Å². The summed E-state index contributed by atoms with van der Waals surface area (Å²) in [5.41, 5.74) is 11.8. The summed E-state index contributed by atoms with van der Waals surface area (Å²) in [4.78, 5) is 39.6. The number of carboxylic acid groups (broad SMARTS) is 1. The molecule has 2 aromatic rings. The molecule has 1 heterocycles. The number of guanidine groups is 1. The van der Waals surface area contributed by atoms with Gasteiger partial charge >= 0.3 is 12.1 Å². The molecule has 182 valence electrons. The summed E-state index contributed by atoms with van der Waals surface area (Å²) in [5.74, 6) is -1.75. The highest BCUT2D eigenvalue weighted by molar-refractivity contribution is 5.96. The molecule has 2 amide bonds. The maximum atomic E-state index is 12.4. The number of nitrogens with zero attached hydrogens (tertiary/aromatic N) is 2. The summed E-state index contributed by atoms with van der Waals surface area (Å²) in [6.07, 6.45) is 3.82. The molecule has 34 heavy (non-hydrogen) atoms. The molecular formula is C23H31N6O5+. The number of aromatic nitrogens is 1. The number of aliphatic imine (C=N–C) groups is 1. The third kappa shape index (κ3) is 9.55. The summed E-state index contributed by atoms with van der Waals surface area (Å²) in [5, 5.41) is 14.6. The Morgan fingerprint density at radius 3 is 2.38 bits per heavy atom. The predicted octanol–water partition coefficient (Wildman–Crippen LogP) is 0.526. The van der Waals surface area contributed by atoms with Crippen LogP contribution in [-0.2, 0) is 22.7 Å². The van der Waals surface area contributed by atoms with Crippen molar-refractivity contribution in [3.63, 3.8) is 0 Å². The lowest BCUT2D eigenvalue weighted by Gasteiger charge is -2.14. The van der Waals surface area contributed by atoms with E-state index in [4.69, 9.17) is 16.2 Å². The first-order valence-electron chi connectivity index (χ1n) is 10.8. The van der Waals surface area contributed by atoms with Crippen molar-refractivity contribution in [1.29, 1.82) is 0 Å². The van der Waals surface area contributed by atoms with Crippen LogP contribution in [0.2, 0.25) is 0 Å². The Morgan fingerprint density at radius 1 is 1.09 bits per heavy atom. The minimum absolute atomic E-state index is 0.0473. The average molecular weight is 472 g/mol. The van der Waals surface area contributed by atoms with Crippen molar-refractivity contribution in [2.24, 2.45) is 16.5 Å². The van der Waals surface area contributed by atoms with Gasteiger partial charge in [-0.3, -0.25) is 9.79 Å². The number of pyridine rings is 1. The molecule has 0 saturated carbocycles. The number of carbonyl (C=O) groups excluding carboxylic acids is 2. The summed E-state index contributed by atoms with van der Waals surface area (Å²) < 4.78 is 6.78. The SMILES string of the molecule is C[C@@H](Cc1ccccc1)NC(=O)OC[n+]1ccc(C(=O)N[C@@H](CCCN=C(N)N)C(=O)O)cc1. The molecule has 0 spiro atoms. The summed E-state index contributed by atoms with van der Waals surface area (Å²) in [6, 6.07) is 11.6. The zero-order valence-electron chi connectivity index (χ0n) is 19.0. The molecule has 0 bridgehead atoms. The van der Waals surface area contributed by atoms with Crippen molar-refractivity contribution < 1.29 is 28.8 Å². The first-order valence-corrected chi connectivity index (χ1v) is 10.8. The van der Waals surface area contributed by atoms with E-state index in [2.05, 4.69) is 15.6 Å². The fourth-order valence-corrected chi connectivity index (χ4v) is 3.09. The Balaban J connectivity index is 1.79. The standard InChI is InChI=1S/C23H30N6O5/c1-16(14-17-6-3-2-4-7-17)27-23(33)34-15-29-12-9-18(10-13-29)20(30)28-19(21(31)32)8-5-11-26-22(24)25/h2-4,6-7,9-10,12-13,16,19H,5,8,11,14-15H2,1H3,(H6-,24,25,26,27,28,30,31,32,33)/p+1/t16-,19-/m0/s1. The Hall–Kier alpha value is -4.15. The number of amides is 2. The van der Waals surface area contributed by atoms with Gasteiger partial charge in [0.1, 0.15) is 6.04 Å². The second-order valence-corrected chi connectivity index (χ2v) is 7.71. The van der Waals surface area contributed by atoms with Gasteiger partial charge in [0.15, 0.2) is 18.4 Å². The van der Waals surface area contributed by atoms with Crippen LogP contribution in [0.4, 0.5) is 4.79 Å². The number of nitrogens with two attached hydrogens (primary N) is 2. The number of alkyl carbamates (subject to hydrolysis) is 1. The Bertz CT molecular complexity index is 977. The number of benzene rings is 1. The minimum atomic E-state index is -1.15. The van der Waals surface area contributed by atoms with Crippen molar-refractivity contribution in [2.75, 3.05) is 6.54 Å². The highest BCUT2D eigenvalue weighted by Crippen LogP contribution is 2.04. The van der Waals surface area contributed by atoms with Crippen LogP contribution in [0.15, 0.2) is 59.9 Å². The Kier molecular flexibility index (Phi) is 10.3. The Morgan fingerprint density at radius 2 is 1.76 bits per heavy atom. The van der Waals surface area contributed by atoms with Crippen LogP contribution in [0, 0.1) is 0 Å². The molecule has 0 saturated heterocycles. The first-order chi connectivity index (χ1) is 16.2. The van der Waals surface area contributed by atoms with Gasteiger partial charge in [-0.25, -0.2) is 9.59 Å². The lowest BCUT2D eigenvalue weighted by atomic mass is 10.1. The average Bonchev–Trinajstić information content (AvgIpc) is 2.80. The number of aliphatic carboxylic acids is 1. The molecular weight excluding hydrogens is 440 g/mol. The molecule has 0 unspecified atom stereocenters. The number of carbonyl (C=O) groups is 3. The van der Waals surface area contributed by atoms with Crippen molar-refractivity contribution in [3.8, 4) is 0 Å². The quantitative estimate of drug-likeness (QED) is 0.130. The van der Waals surface area contributed by atoms with Gasteiger partial charge in [-0.15, -0.1) is 0 Å². The lowest BCUT2D eigenvalue weighted by molar-refractivity contribution is -0.727. The van der Waals surface area contributed by atoms with Crippen LogP contribution in [0.5, 0.6) is 0 Å². The molecule has 7 N–H and O–H groups in total. The van der Waals surface area contributed by atoms with Crippen molar-refractivity contribution in [3.05, 3.63) is 66.0 Å². The number of nitrogens with one attached hydrogen (secondary N) is 2. The van der Waals surface area contributed by atoms with Gasteiger partial charge in [-0.05, 0) is 31.7 Å². The number of rotatable bonds is 12. The van der Waals surface area contributed by atoms with Gasteiger partial charge in [-0.2, -0.15) is 4.57 Å².